The summed E-state index contributed by atoms with van der Waals surface area (Å²) in [4.78, 5) is 24.9. The molecule has 0 aromatic heterocycles. The van der Waals surface area contributed by atoms with E-state index in [1.807, 2.05) is 34.6 Å². The van der Waals surface area contributed by atoms with E-state index in [0.29, 0.717) is 25.6 Å². The Bertz CT molecular complexity index is 382. The first-order valence-electron chi connectivity index (χ1n) is 8.04. The third-order valence-corrected chi connectivity index (χ3v) is 3.83. The predicted octanol–water partition coefficient (Wildman–Crippen LogP) is 2.33. The maximum absolute atomic E-state index is 12.0. The smallest absolute Gasteiger partial charge is 0.410 e. The van der Waals surface area contributed by atoms with Crippen LogP contribution in [0.1, 0.15) is 47.5 Å². The fourth-order valence-corrected chi connectivity index (χ4v) is 2.55. The molecule has 1 aliphatic heterocycles. The fraction of sp³-hybridized carbons (Fsp3) is 0.875. The zero-order chi connectivity index (χ0) is 16.9. The molecule has 22 heavy (non-hydrogen) atoms. The van der Waals surface area contributed by atoms with Gasteiger partial charge in [-0.15, -0.1) is 0 Å². The summed E-state index contributed by atoms with van der Waals surface area (Å²) in [6, 6.07) is -0.510. The lowest BCUT2D eigenvalue weighted by molar-refractivity contribution is -0.140. The number of ether oxygens (including phenoxy) is 1. The number of carbonyl (C=O) groups is 2. The Kier molecular flexibility index (Phi) is 6.66. The van der Waals surface area contributed by atoms with Crippen molar-refractivity contribution in [3.8, 4) is 0 Å². The minimum atomic E-state index is -0.804. The molecule has 0 bridgehead atoms. The topological polar surface area (TPSA) is 78.9 Å². The van der Waals surface area contributed by atoms with Gasteiger partial charge in [0.15, 0.2) is 0 Å². The second-order valence-corrected chi connectivity index (χ2v) is 7.38. The summed E-state index contributed by atoms with van der Waals surface area (Å²) < 4.78 is 5.37. The van der Waals surface area contributed by atoms with Crippen LogP contribution in [0.3, 0.4) is 0 Å². The fourth-order valence-electron chi connectivity index (χ4n) is 2.55. The third-order valence-electron chi connectivity index (χ3n) is 3.83. The number of likely N-dealkylation sites (tertiary alicyclic amines) is 1. The van der Waals surface area contributed by atoms with E-state index in [0.717, 1.165) is 12.8 Å². The van der Waals surface area contributed by atoms with Crippen LogP contribution in [0.25, 0.3) is 0 Å². The minimum Gasteiger partial charge on any atom is -0.480 e. The Morgan fingerprint density at radius 2 is 1.82 bits per heavy atom. The highest BCUT2D eigenvalue weighted by molar-refractivity contribution is 5.73. The molecule has 0 aromatic rings. The van der Waals surface area contributed by atoms with Gasteiger partial charge in [0.2, 0.25) is 0 Å². The van der Waals surface area contributed by atoms with Gasteiger partial charge in [-0.2, -0.15) is 0 Å². The van der Waals surface area contributed by atoms with Crippen molar-refractivity contribution in [2.75, 3.05) is 19.6 Å². The standard InChI is InChI=1S/C16H30N2O4/c1-11(2)13(14(19)20)17-10-12-6-8-18(9-7-12)15(21)22-16(3,4)5/h11-13,17H,6-10H2,1-5H3,(H,19,20). The Morgan fingerprint density at radius 3 is 2.23 bits per heavy atom. The lowest BCUT2D eigenvalue weighted by atomic mass is 9.95. The van der Waals surface area contributed by atoms with Crippen molar-refractivity contribution in [3.63, 3.8) is 0 Å². The Morgan fingerprint density at radius 1 is 1.27 bits per heavy atom. The van der Waals surface area contributed by atoms with Crippen molar-refractivity contribution in [2.45, 2.75) is 59.1 Å². The van der Waals surface area contributed by atoms with E-state index in [1.54, 1.807) is 4.90 Å². The van der Waals surface area contributed by atoms with Gasteiger partial charge in [0.1, 0.15) is 11.6 Å². The molecule has 6 nitrogen and oxygen atoms in total. The molecule has 1 saturated heterocycles. The van der Waals surface area contributed by atoms with E-state index < -0.39 is 17.6 Å². The van der Waals surface area contributed by atoms with Crippen molar-refractivity contribution in [1.29, 1.82) is 0 Å². The normalized spacial score (nSPS) is 18.4. The van der Waals surface area contributed by atoms with Gasteiger partial charge in [0.25, 0.3) is 0 Å². The molecule has 0 radical (unpaired) electrons. The van der Waals surface area contributed by atoms with Crippen LogP contribution in [0.4, 0.5) is 4.79 Å². The largest absolute Gasteiger partial charge is 0.480 e. The molecule has 1 rings (SSSR count). The van der Waals surface area contributed by atoms with Crippen molar-refractivity contribution >= 4 is 12.1 Å². The van der Waals surface area contributed by atoms with E-state index in [-0.39, 0.29) is 12.0 Å². The van der Waals surface area contributed by atoms with E-state index in [2.05, 4.69) is 5.32 Å². The third kappa shape index (κ3) is 6.22. The summed E-state index contributed by atoms with van der Waals surface area (Å²) in [5, 5.41) is 12.3. The van der Waals surface area contributed by atoms with Crippen LogP contribution in [-0.2, 0) is 9.53 Å². The van der Waals surface area contributed by atoms with Gasteiger partial charge < -0.3 is 20.1 Å². The van der Waals surface area contributed by atoms with Crippen LogP contribution in [0, 0.1) is 11.8 Å². The molecule has 0 aliphatic carbocycles. The summed E-state index contributed by atoms with van der Waals surface area (Å²) in [6.07, 6.45) is 1.48. The zero-order valence-electron chi connectivity index (χ0n) is 14.4. The van der Waals surface area contributed by atoms with Crippen LogP contribution < -0.4 is 5.32 Å². The van der Waals surface area contributed by atoms with Gasteiger partial charge in [-0.25, -0.2) is 4.79 Å². The molecule has 1 aliphatic rings. The van der Waals surface area contributed by atoms with Gasteiger partial charge in [-0.3, -0.25) is 4.79 Å². The lowest BCUT2D eigenvalue weighted by Crippen LogP contribution is -2.46. The second-order valence-electron chi connectivity index (χ2n) is 7.38. The van der Waals surface area contributed by atoms with Gasteiger partial charge >= 0.3 is 12.1 Å². The Labute approximate surface area is 133 Å². The maximum Gasteiger partial charge on any atom is 0.410 e. The Hall–Kier alpha value is -1.30. The number of carbonyl (C=O) groups excluding carboxylic acids is 1. The molecule has 2 N–H and O–H groups in total. The maximum atomic E-state index is 12.0. The number of hydrogen-bond donors (Lipinski definition) is 2. The van der Waals surface area contributed by atoms with Gasteiger partial charge in [0, 0.05) is 13.1 Å². The van der Waals surface area contributed by atoms with Crippen LogP contribution >= 0.6 is 0 Å². The van der Waals surface area contributed by atoms with Crippen LogP contribution in [0.2, 0.25) is 0 Å². The van der Waals surface area contributed by atoms with Crippen molar-refractivity contribution in [3.05, 3.63) is 0 Å². The number of carboxylic acids is 1. The first-order valence-corrected chi connectivity index (χ1v) is 8.04. The predicted molar refractivity (Wildman–Crippen MR) is 84.8 cm³/mol. The van der Waals surface area contributed by atoms with E-state index in [9.17, 15) is 9.59 Å². The van der Waals surface area contributed by atoms with Crippen molar-refractivity contribution in [2.24, 2.45) is 11.8 Å². The number of hydrogen-bond acceptors (Lipinski definition) is 4. The zero-order valence-corrected chi connectivity index (χ0v) is 14.4. The summed E-state index contributed by atoms with van der Waals surface area (Å²) in [5.41, 5.74) is -0.471. The highest BCUT2D eigenvalue weighted by Crippen LogP contribution is 2.19. The lowest BCUT2D eigenvalue weighted by Gasteiger charge is -2.34. The van der Waals surface area contributed by atoms with E-state index in [1.165, 1.54) is 0 Å². The molecule has 0 saturated carbocycles. The number of amides is 1. The molecule has 0 spiro atoms. The minimum absolute atomic E-state index is 0.0550. The first kappa shape index (κ1) is 18.7. The highest BCUT2D eigenvalue weighted by Gasteiger charge is 2.28. The molecule has 1 atom stereocenters. The van der Waals surface area contributed by atoms with Crippen LogP contribution in [0.5, 0.6) is 0 Å². The molecule has 128 valence electrons. The molecule has 6 heteroatoms. The number of nitrogens with one attached hydrogen (secondary N) is 1. The van der Waals surface area contributed by atoms with Gasteiger partial charge in [-0.05, 0) is 52.0 Å². The second kappa shape index (κ2) is 7.81. The summed E-state index contributed by atoms with van der Waals surface area (Å²) >= 11 is 0. The van der Waals surface area contributed by atoms with Crippen LogP contribution in [-0.4, -0.2) is 53.3 Å². The Balaban J connectivity index is 2.36. The molecule has 1 heterocycles. The van der Waals surface area contributed by atoms with Crippen LogP contribution in [0.15, 0.2) is 0 Å². The van der Waals surface area contributed by atoms with Gasteiger partial charge in [0.05, 0.1) is 0 Å². The first-order chi connectivity index (χ1) is 10.1. The average Bonchev–Trinajstić information content (AvgIpc) is 2.36. The molecular formula is C16H30N2O4. The molecule has 1 fully saturated rings. The number of piperidine rings is 1. The highest BCUT2D eigenvalue weighted by atomic mass is 16.6. The molecule has 1 unspecified atom stereocenters. The SMILES string of the molecule is CC(C)C(NCC1CCN(C(=O)OC(C)(C)C)CC1)C(=O)O. The number of rotatable bonds is 5. The monoisotopic (exact) mass is 314 g/mol. The number of carboxylic acid groups (broad SMARTS) is 1. The molecule has 0 aromatic carbocycles. The summed E-state index contributed by atoms with van der Waals surface area (Å²) in [7, 11) is 0. The van der Waals surface area contributed by atoms with Gasteiger partial charge in [-0.1, -0.05) is 13.8 Å². The number of nitrogens with zero attached hydrogens (tertiary/aromatic N) is 1. The summed E-state index contributed by atoms with van der Waals surface area (Å²) in [6.45, 7) is 11.4. The van der Waals surface area contributed by atoms with E-state index in [4.69, 9.17) is 9.84 Å². The van der Waals surface area contributed by atoms with Crippen molar-refractivity contribution in [1.82, 2.24) is 10.2 Å². The number of aliphatic carboxylic acids is 1. The summed E-state index contributed by atoms with van der Waals surface area (Å²) in [5.74, 6) is -0.347. The molecule has 1 amide bonds. The van der Waals surface area contributed by atoms with Crippen molar-refractivity contribution < 1.29 is 19.4 Å². The van der Waals surface area contributed by atoms with E-state index >= 15 is 0 Å². The average molecular weight is 314 g/mol. The molecular weight excluding hydrogens is 284 g/mol. The quantitative estimate of drug-likeness (QED) is 0.814.